The van der Waals surface area contributed by atoms with Crippen LogP contribution < -0.4 is 5.32 Å². The van der Waals surface area contributed by atoms with Crippen LogP contribution in [-0.2, 0) is 6.42 Å². The number of carbonyl (C=O) groups is 1. The Labute approximate surface area is 261 Å². The summed E-state index contributed by atoms with van der Waals surface area (Å²) in [5, 5.41) is 3.23. The lowest BCUT2D eigenvalue weighted by molar-refractivity contribution is 0.0940. The van der Waals surface area contributed by atoms with E-state index in [1.165, 1.54) is 48.8 Å². The number of carbonyl (C=O) groups excluding carboxylic acids is 1. The zero-order chi connectivity index (χ0) is 30.0. The summed E-state index contributed by atoms with van der Waals surface area (Å²) in [7, 11) is 4.21. The molecular formula is C38H52N4O. The van der Waals surface area contributed by atoms with Crippen LogP contribution in [0.15, 0.2) is 82.3 Å². The van der Waals surface area contributed by atoms with Crippen molar-refractivity contribution in [3.05, 3.63) is 83.5 Å². The highest BCUT2D eigenvalue weighted by Gasteiger charge is 2.59. The first-order valence-electron chi connectivity index (χ1n) is 16.6. The molecule has 1 aliphatic heterocycles. The van der Waals surface area contributed by atoms with Crippen molar-refractivity contribution in [2.45, 2.75) is 77.2 Å². The number of hydrogen-bond acceptors (Lipinski definition) is 4. The first-order valence-corrected chi connectivity index (χ1v) is 16.6. The third-order valence-corrected chi connectivity index (χ3v) is 10.2. The number of aryl methyl sites for hydroxylation is 1. The molecule has 2 saturated carbocycles. The maximum absolute atomic E-state index is 12.9. The van der Waals surface area contributed by atoms with Gasteiger partial charge in [0.05, 0.1) is 5.54 Å². The Morgan fingerprint density at radius 3 is 2.33 bits per heavy atom. The Bertz CT molecular complexity index is 1440. The Hall–Kier alpha value is -3.47. The van der Waals surface area contributed by atoms with Crippen LogP contribution in [0.4, 0.5) is 0 Å². The Morgan fingerprint density at radius 2 is 1.67 bits per heavy atom. The van der Waals surface area contributed by atoms with Crippen molar-refractivity contribution in [2.75, 3.05) is 20.6 Å². The molecule has 5 nitrogen and oxygen atoms in total. The molecule has 2 aromatic carbocycles. The second-order valence-electron chi connectivity index (χ2n) is 13.5. The highest BCUT2D eigenvalue weighted by Crippen LogP contribution is 2.57. The normalized spacial score (nSPS) is 26.3. The minimum absolute atomic E-state index is 0. The molecule has 1 heterocycles. The van der Waals surface area contributed by atoms with Gasteiger partial charge in [0, 0.05) is 46.5 Å². The number of amides is 1. The van der Waals surface area contributed by atoms with Gasteiger partial charge in [-0.15, -0.1) is 0 Å². The fourth-order valence-corrected chi connectivity index (χ4v) is 7.46. The fourth-order valence-electron chi connectivity index (χ4n) is 7.46. The monoisotopic (exact) mass is 580 g/mol. The summed E-state index contributed by atoms with van der Waals surface area (Å²) in [5.41, 5.74) is 5.71. The molecule has 1 amide bonds. The SMILES string of the molecule is CCCc1ccc(-c2ccc(C(=O)NCC3CCC(C[C@@H](CC)C4=NC56CC5C=CC=C6C(N(C)C)=N4)CC3)cc2)cc1.[HH].[HH]. The molecule has 2 aromatic rings. The molecular weight excluding hydrogens is 528 g/mol. The number of aliphatic imine (C=N–C) groups is 2. The number of amidine groups is 2. The quantitative estimate of drug-likeness (QED) is 0.307. The average molecular weight is 581 g/mol. The molecule has 230 valence electrons. The van der Waals surface area contributed by atoms with E-state index >= 15 is 0 Å². The summed E-state index contributed by atoms with van der Waals surface area (Å²) in [4.78, 5) is 25.6. The molecule has 0 bridgehead atoms. The van der Waals surface area contributed by atoms with Gasteiger partial charge in [-0.25, -0.2) is 4.99 Å². The maximum Gasteiger partial charge on any atom is 0.251 e. The van der Waals surface area contributed by atoms with Crippen molar-refractivity contribution in [3.8, 4) is 11.1 Å². The molecule has 6 rings (SSSR count). The number of rotatable bonds is 10. The smallest absolute Gasteiger partial charge is 0.251 e. The Balaban J connectivity index is 0.00000230. The molecule has 5 heteroatoms. The van der Waals surface area contributed by atoms with E-state index in [2.05, 4.69) is 92.8 Å². The van der Waals surface area contributed by atoms with E-state index in [0.717, 1.165) is 55.0 Å². The number of allylic oxidation sites excluding steroid dienone is 2. The van der Waals surface area contributed by atoms with Gasteiger partial charge in [-0.2, -0.15) is 0 Å². The van der Waals surface area contributed by atoms with Gasteiger partial charge in [-0.1, -0.05) is 87.7 Å². The molecule has 1 spiro atoms. The summed E-state index contributed by atoms with van der Waals surface area (Å²) >= 11 is 0. The predicted molar refractivity (Wildman–Crippen MR) is 183 cm³/mol. The minimum atomic E-state index is -0.0467. The third kappa shape index (κ3) is 6.27. The molecule has 1 N–H and O–H groups in total. The number of hydrogen-bond donors (Lipinski definition) is 1. The summed E-state index contributed by atoms with van der Waals surface area (Å²) in [6, 6.07) is 16.8. The van der Waals surface area contributed by atoms with E-state index in [1.54, 1.807) is 0 Å². The van der Waals surface area contributed by atoms with Crippen LogP contribution in [0.2, 0.25) is 0 Å². The standard InChI is InChI=1S/C38H48N4O.2H2/c1-5-8-26-15-17-30(18-16-26)31-19-21-32(22-20-31)37(43)39-25-28-13-11-27(12-14-28)23-29(6-2)35-40-36(42(3)4)34-10-7-9-33-24-38(33,34)41-35;;/h7,9-10,15-22,27-29,33H,5-6,8,11-14,23-25H2,1-4H3,(H,39,43);2*1H/t27?,28?,29-,33?,38?;;/m1../s1. The predicted octanol–water partition coefficient (Wildman–Crippen LogP) is 8.38. The van der Waals surface area contributed by atoms with Gasteiger partial charge in [0.15, 0.2) is 0 Å². The molecule has 43 heavy (non-hydrogen) atoms. The number of likely N-dealkylation sites (N-methyl/N-ethyl adjacent to an activating group) is 1. The second kappa shape index (κ2) is 12.6. The van der Waals surface area contributed by atoms with Crippen LogP contribution in [0.3, 0.4) is 0 Å². The van der Waals surface area contributed by atoms with Crippen molar-refractivity contribution in [1.29, 1.82) is 0 Å². The third-order valence-electron chi connectivity index (χ3n) is 10.2. The van der Waals surface area contributed by atoms with Gasteiger partial charge in [0.25, 0.3) is 5.91 Å². The van der Waals surface area contributed by atoms with Crippen molar-refractivity contribution in [3.63, 3.8) is 0 Å². The van der Waals surface area contributed by atoms with E-state index in [0.29, 0.717) is 23.7 Å². The molecule has 3 aliphatic carbocycles. The first kappa shape index (κ1) is 29.6. The molecule has 4 aliphatic rings. The largest absolute Gasteiger partial charge is 0.362 e. The topological polar surface area (TPSA) is 57.1 Å². The lowest BCUT2D eigenvalue weighted by Gasteiger charge is -2.34. The summed E-state index contributed by atoms with van der Waals surface area (Å²) in [5.74, 6) is 4.43. The van der Waals surface area contributed by atoms with Crippen LogP contribution in [-0.4, -0.2) is 48.7 Å². The van der Waals surface area contributed by atoms with Crippen molar-refractivity contribution >= 4 is 17.6 Å². The van der Waals surface area contributed by atoms with Crippen LogP contribution in [0.5, 0.6) is 0 Å². The molecule has 2 fully saturated rings. The summed E-state index contributed by atoms with van der Waals surface area (Å²) in [6.45, 7) is 5.26. The minimum Gasteiger partial charge on any atom is -0.362 e. The highest BCUT2D eigenvalue weighted by atomic mass is 16.1. The number of nitrogens with one attached hydrogen (secondary N) is 1. The zero-order valence-corrected chi connectivity index (χ0v) is 26.5. The maximum atomic E-state index is 12.9. The van der Waals surface area contributed by atoms with Gasteiger partial charge in [-0.3, -0.25) is 9.79 Å². The lowest BCUT2D eigenvalue weighted by atomic mass is 9.77. The first-order chi connectivity index (χ1) is 20.9. The summed E-state index contributed by atoms with van der Waals surface area (Å²) < 4.78 is 0. The van der Waals surface area contributed by atoms with Crippen molar-refractivity contribution < 1.29 is 7.65 Å². The van der Waals surface area contributed by atoms with E-state index < -0.39 is 0 Å². The fraction of sp³-hybridized carbons (Fsp3) is 0.500. The van der Waals surface area contributed by atoms with E-state index in [1.807, 2.05) is 12.1 Å². The van der Waals surface area contributed by atoms with Gasteiger partial charge in [0.2, 0.25) is 0 Å². The average Bonchev–Trinajstić information content (AvgIpc) is 3.76. The molecule has 0 radical (unpaired) electrons. The van der Waals surface area contributed by atoms with Crippen molar-refractivity contribution in [1.82, 2.24) is 10.2 Å². The number of benzene rings is 2. The second-order valence-corrected chi connectivity index (χ2v) is 13.5. The van der Waals surface area contributed by atoms with Crippen LogP contribution in [0, 0.1) is 23.7 Å². The van der Waals surface area contributed by atoms with Crippen LogP contribution >= 0.6 is 0 Å². The lowest BCUT2D eigenvalue weighted by Crippen LogP contribution is -2.38. The van der Waals surface area contributed by atoms with E-state index in [4.69, 9.17) is 9.98 Å². The van der Waals surface area contributed by atoms with Gasteiger partial charge < -0.3 is 10.2 Å². The van der Waals surface area contributed by atoms with Crippen LogP contribution in [0.25, 0.3) is 11.1 Å². The van der Waals surface area contributed by atoms with Gasteiger partial charge in [-0.05, 0) is 79.2 Å². The van der Waals surface area contributed by atoms with Gasteiger partial charge in [0.1, 0.15) is 11.7 Å². The van der Waals surface area contributed by atoms with Gasteiger partial charge >= 0.3 is 0 Å². The number of nitrogens with zero attached hydrogens (tertiary/aromatic N) is 3. The molecule has 2 unspecified atom stereocenters. The Kier molecular flexibility index (Phi) is 8.70. The highest BCUT2D eigenvalue weighted by molar-refractivity contribution is 6.11. The molecule has 0 saturated heterocycles. The van der Waals surface area contributed by atoms with E-state index in [-0.39, 0.29) is 14.3 Å². The van der Waals surface area contributed by atoms with Crippen molar-refractivity contribution in [2.24, 2.45) is 33.7 Å². The molecule has 0 aromatic heterocycles. The Morgan fingerprint density at radius 1 is 1.00 bits per heavy atom. The zero-order valence-electron chi connectivity index (χ0n) is 26.5. The van der Waals surface area contributed by atoms with Crippen LogP contribution in [0.1, 0.15) is 84.0 Å². The molecule has 3 atom stereocenters. The van der Waals surface area contributed by atoms with E-state index in [9.17, 15) is 4.79 Å². The summed E-state index contributed by atoms with van der Waals surface area (Å²) in [6.07, 6.45) is 17.2.